The molecule has 0 bridgehead atoms. The van der Waals surface area contributed by atoms with Crippen molar-refractivity contribution in [3.05, 3.63) is 15.8 Å². The largest absolute Gasteiger partial charge is 0.512 e. The lowest BCUT2D eigenvalue weighted by Crippen LogP contribution is -2.34. The number of aryl methyl sites for hydroxylation is 1. The molecule has 1 heterocycles. The first-order valence-corrected chi connectivity index (χ1v) is 4.46. The molecule has 1 N–H and O–H groups in total. The molecule has 0 aliphatic heterocycles. The Morgan fingerprint density at radius 1 is 1.40 bits per heavy atom. The number of carboxylic acid groups (broad SMARTS) is 1. The highest BCUT2D eigenvalue weighted by molar-refractivity contribution is 5.64. The number of halogens is 5. The summed E-state index contributed by atoms with van der Waals surface area (Å²) in [7, 11) is 0.710. The average molecular weight is 305 g/mol. The monoisotopic (exact) mass is 305 g/mol. The van der Waals surface area contributed by atoms with Gasteiger partial charge in [0.1, 0.15) is 0 Å². The number of carbonyl (C=O) groups is 1. The molecule has 13 heteroatoms. The SMILES string of the molecule is Cn1nc(C(F)(F)C(F)(F)F)c([N+](=O)[O-])c1OC(=O)O. The fraction of sp³-hybridized carbons (Fsp3) is 0.429. The molecule has 0 fully saturated rings. The highest BCUT2D eigenvalue weighted by Gasteiger charge is 2.64. The molecule has 112 valence electrons. The van der Waals surface area contributed by atoms with Crippen molar-refractivity contribution in [1.29, 1.82) is 0 Å². The van der Waals surface area contributed by atoms with Crippen molar-refractivity contribution in [3.63, 3.8) is 0 Å². The zero-order valence-corrected chi connectivity index (χ0v) is 9.31. The molecule has 20 heavy (non-hydrogen) atoms. The van der Waals surface area contributed by atoms with E-state index in [0.29, 0.717) is 7.05 Å². The lowest BCUT2D eigenvalue weighted by Gasteiger charge is -2.16. The number of rotatable bonds is 3. The van der Waals surface area contributed by atoms with Crippen molar-refractivity contribution in [2.45, 2.75) is 12.1 Å². The minimum absolute atomic E-state index is 0.0984. The molecular weight excluding hydrogens is 301 g/mol. The van der Waals surface area contributed by atoms with Gasteiger partial charge in [0.2, 0.25) is 5.69 Å². The molecule has 0 aliphatic rings. The molecular formula is C7H4F5N3O5. The first-order valence-electron chi connectivity index (χ1n) is 4.46. The highest BCUT2D eigenvalue weighted by atomic mass is 19.4. The van der Waals surface area contributed by atoms with Gasteiger partial charge in [0.25, 0.3) is 0 Å². The maximum absolute atomic E-state index is 13.1. The summed E-state index contributed by atoms with van der Waals surface area (Å²) in [6.07, 6.45) is -8.29. The first kappa shape index (κ1) is 15.6. The Morgan fingerprint density at radius 2 is 1.90 bits per heavy atom. The predicted octanol–water partition coefficient (Wildman–Crippen LogP) is 2.04. The quantitative estimate of drug-likeness (QED) is 0.396. The van der Waals surface area contributed by atoms with Crippen LogP contribution in [0.25, 0.3) is 0 Å². The van der Waals surface area contributed by atoms with E-state index in [1.165, 1.54) is 0 Å². The molecule has 0 saturated heterocycles. The van der Waals surface area contributed by atoms with Crippen molar-refractivity contribution in [2.24, 2.45) is 7.05 Å². The van der Waals surface area contributed by atoms with Crippen LogP contribution in [0.1, 0.15) is 5.69 Å². The van der Waals surface area contributed by atoms with Gasteiger partial charge >= 0.3 is 29.8 Å². The number of nitrogens with zero attached hydrogens (tertiary/aromatic N) is 3. The third kappa shape index (κ3) is 2.46. The van der Waals surface area contributed by atoms with Gasteiger partial charge in [-0.1, -0.05) is 0 Å². The van der Waals surface area contributed by atoms with Crippen molar-refractivity contribution >= 4 is 11.8 Å². The van der Waals surface area contributed by atoms with Crippen molar-refractivity contribution in [1.82, 2.24) is 9.78 Å². The zero-order chi connectivity index (χ0) is 15.9. The third-order valence-corrected chi connectivity index (χ3v) is 1.99. The van der Waals surface area contributed by atoms with Crippen molar-refractivity contribution < 1.29 is 41.5 Å². The topological polar surface area (TPSA) is 107 Å². The molecule has 0 unspecified atom stereocenters. The summed E-state index contributed by atoms with van der Waals surface area (Å²) in [6.45, 7) is 0. The van der Waals surface area contributed by atoms with Crippen LogP contribution in [0.15, 0.2) is 0 Å². The molecule has 0 amide bonds. The summed E-state index contributed by atoms with van der Waals surface area (Å²) in [6, 6.07) is 0. The Labute approximate surface area is 105 Å². The first-order chi connectivity index (χ1) is 8.89. The van der Waals surface area contributed by atoms with Crippen LogP contribution in [0.4, 0.5) is 32.4 Å². The van der Waals surface area contributed by atoms with Crippen LogP contribution >= 0.6 is 0 Å². The summed E-state index contributed by atoms with van der Waals surface area (Å²) < 4.78 is 66.7. The number of ether oxygens (including phenoxy) is 1. The van der Waals surface area contributed by atoms with Crippen LogP contribution in [0.5, 0.6) is 5.88 Å². The van der Waals surface area contributed by atoms with Gasteiger partial charge in [0, 0.05) is 7.05 Å². The second-order valence-corrected chi connectivity index (χ2v) is 3.32. The number of alkyl halides is 5. The standard InChI is InChI=1S/C7H4F5N3O5/c1-14-4(20-5(16)17)2(15(18)19)3(13-14)6(8,9)7(10,11)12/h1H3,(H,16,17). The van der Waals surface area contributed by atoms with E-state index in [0.717, 1.165) is 0 Å². The van der Waals surface area contributed by atoms with E-state index in [4.69, 9.17) is 5.11 Å². The molecule has 1 aromatic rings. The van der Waals surface area contributed by atoms with Gasteiger partial charge in [-0.05, 0) is 0 Å². The van der Waals surface area contributed by atoms with Gasteiger partial charge in [-0.2, -0.15) is 27.1 Å². The molecule has 0 saturated carbocycles. The molecule has 0 aromatic carbocycles. The van der Waals surface area contributed by atoms with E-state index in [-0.39, 0.29) is 4.68 Å². The van der Waals surface area contributed by atoms with E-state index < -0.39 is 40.4 Å². The summed E-state index contributed by atoms with van der Waals surface area (Å²) in [5.41, 5.74) is -4.13. The van der Waals surface area contributed by atoms with Crippen LogP contribution in [0.3, 0.4) is 0 Å². The van der Waals surface area contributed by atoms with E-state index in [9.17, 15) is 36.9 Å². The molecule has 0 spiro atoms. The van der Waals surface area contributed by atoms with Gasteiger partial charge in [-0.3, -0.25) is 10.1 Å². The normalized spacial score (nSPS) is 12.3. The fourth-order valence-corrected chi connectivity index (χ4v) is 1.20. The number of hydrogen-bond acceptors (Lipinski definition) is 5. The second-order valence-electron chi connectivity index (χ2n) is 3.32. The molecule has 1 aromatic heterocycles. The van der Waals surface area contributed by atoms with Crippen LogP contribution in [0.2, 0.25) is 0 Å². The summed E-state index contributed by atoms with van der Waals surface area (Å²) in [5, 5.41) is 21.5. The van der Waals surface area contributed by atoms with Gasteiger partial charge in [0.15, 0.2) is 0 Å². The predicted molar refractivity (Wildman–Crippen MR) is 48.5 cm³/mol. The summed E-state index contributed by atoms with van der Waals surface area (Å²) in [4.78, 5) is 19.2. The Kier molecular flexibility index (Phi) is 3.56. The van der Waals surface area contributed by atoms with Gasteiger partial charge in [0.05, 0.1) is 4.92 Å². The van der Waals surface area contributed by atoms with E-state index >= 15 is 0 Å². The maximum atomic E-state index is 13.1. The van der Waals surface area contributed by atoms with Gasteiger partial charge in [-0.25, -0.2) is 9.48 Å². The number of hydrogen-bond donors (Lipinski definition) is 1. The lowest BCUT2D eigenvalue weighted by atomic mass is 10.2. The fourth-order valence-electron chi connectivity index (χ4n) is 1.20. The Balaban J connectivity index is 3.58. The van der Waals surface area contributed by atoms with Gasteiger partial charge in [-0.15, -0.1) is 0 Å². The minimum Gasteiger partial charge on any atom is -0.449 e. The lowest BCUT2D eigenvalue weighted by molar-refractivity contribution is -0.390. The van der Waals surface area contributed by atoms with E-state index in [1.54, 1.807) is 0 Å². The minimum atomic E-state index is -6.15. The molecule has 1 rings (SSSR count). The van der Waals surface area contributed by atoms with Crippen molar-refractivity contribution in [3.8, 4) is 5.88 Å². The third-order valence-electron chi connectivity index (χ3n) is 1.99. The average Bonchev–Trinajstić information content (AvgIpc) is 2.54. The van der Waals surface area contributed by atoms with E-state index in [2.05, 4.69) is 9.84 Å². The van der Waals surface area contributed by atoms with Gasteiger partial charge < -0.3 is 9.84 Å². The van der Waals surface area contributed by atoms with E-state index in [1.807, 2.05) is 0 Å². The molecule has 0 radical (unpaired) electrons. The van der Waals surface area contributed by atoms with Crippen LogP contribution < -0.4 is 4.74 Å². The number of nitro groups is 1. The maximum Gasteiger partial charge on any atom is 0.512 e. The summed E-state index contributed by atoms with van der Waals surface area (Å²) in [5.74, 6) is -7.01. The second kappa shape index (κ2) is 4.57. The Bertz CT molecular complexity index is 566. The van der Waals surface area contributed by atoms with Crippen LogP contribution in [-0.2, 0) is 13.0 Å². The van der Waals surface area contributed by atoms with Crippen LogP contribution in [0, 0.1) is 10.1 Å². The Morgan fingerprint density at radius 3 is 2.25 bits per heavy atom. The smallest absolute Gasteiger partial charge is 0.449 e. The molecule has 0 atom stereocenters. The summed E-state index contributed by atoms with van der Waals surface area (Å²) >= 11 is 0. The molecule has 8 nitrogen and oxygen atoms in total. The van der Waals surface area contributed by atoms with Crippen molar-refractivity contribution in [2.75, 3.05) is 0 Å². The van der Waals surface area contributed by atoms with Crippen LogP contribution in [-0.4, -0.2) is 32.1 Å². The molecule has 0 aliphatic carbocycles. The Hall–Kier alpha value is -2.47. The highest BCUT2D eigenvalue weighted by Crippen LogP contribution is 2.48. The zero-order valence-electron chi connectivity index (χ0n) is 9.31. The number of aromatic nitrogens is 2.